The molecule has 0 radical (unpaired) electrons. The summed E-state index contributed by atoms with van der Waals surface area (Å²) < 4.78 is 35.0. The van der Waals surface area contributed by atoms with Crippen LogP contribution in [0, 0.1) is 13.8 Å². The second-order valence-corrected chi connectivity index (χ2v) is 13.9. The largest absolute Gasteiger partial charge is 0.497 e. The third kappa shape index (κ3) is 9.14. The highest BCUT2D eigenvalue weighted by Crippen LogP contribution is 2.29. The maximum Gasteiger partial charge on any atom is 0.264 e. The van der Waals surface area contributed by atoms with Crippen molar-refractivity contribution in [1.29, 1.82) is 0 Å². The lowest BCUT2D eigenvalue weighted by molar-refractivity contribution is -0.140. The Hall–Kier alpha value is -4.34. The van der Waals surface area contributed by atoms with Crippen LogP contribution in [0.15, 0.2) is 102 Å². The number of halogens is 1. The maximum absolute atomic E-state index is 14.6. The van der Waals surface area contributed by atoms with Gasteiger partial charge in [-0.1, -0.05) is 84.8 Å². The molecule has 0 spiro atoms. The molecule has 1 N–H and O–H groups in total. The Morgan fingerprint density at radius 1 is 0.894 bits per heavy atom. The Bertz CT molecular complexity index is 1780. The van der Waals surface area contributed by atoms with Crippen molar-refractivity contribution in [2.75, 3.05) is 18.0 Å². The Morgan fingerprint density at radius 2 is 1.57 bits per heavy atom. The Kier molecular flexibility index (Phi) is 12.1. The van der Waals surface area contributed by atoms with Crippen LogP contribution in [0.3, 0.4) is 0 Å². The van der Waals surface area contributed by atoms with Crippen LogP contribution in [0.25, 0.3) is 0 Å². The van der Waals surface area contributed by atoms with Crippen molar-refractivity contribution in [3.05, 3.63) is 124 Å². The molecule has 0 aliphatic heterocycles. The molecule has 0 aromatic heterocycles. The molecule has 2 unspecified atom stereocenters. The Morgan fingerprint density at radius 3 is 2.21 bits per heavy atom. The molecule has 47 heavy (non-hydrogen) atoms. The molecule has 0 aliphatic carbocycles. The average Bonchev–Trinajstić information content (AvgIpc) is 3.07. The van der Waals surface area contributed by atoms with E-state index in [-0.39, 0.29) is 35.5 Å². The molecule has 0 fully saturated rings. The van der Waals surface area contributed by atoms with E-state index in [2.05, 4.69) is 5.32 Å². The van der Waals surface area contributed by atoms with Crippen molar-refractivity contribution < 1.29 is 22.7 Å². The fourth-order valence-electron chi connectivity index (χ4n) is 5.07. The van der Waals surface area contributed by atoms with Crippen LogP contribution in [-0.4, -0.2) is 50.9 Å². The maximum atomic E-state index is 14.6. The predicted molar refractivity (Wildman–Crippen MR) is 187 cm³/mol. The summed E-state index contributed by atoms with van der Waals surface area (Å²) in [6.45, 7) is 7.02. The number of ether oxygens (including phenoxy) is 1. The van der Waals surface area contributed by atoms with Crippen LogP contribution in [0.2, 0.25) is 5.02 Å². The summed E-state index contributed by atoms with van der Waals surface area (Å²) in [6.07, 6.45) is 0.921. The van der Waals surface area contributed by atoms with Crippen molar-refractivity contribution in [1.82, 2.24) is 10.2 Å². The van der Waals surface area contributed by atoms with Gasteiger partial charge in [0.2, 0.25) is 11.8 Å². The topological polar surface area (TPSA) is 96.0 Å². The van der Waals surface area contributed by atoms with E-state index in [1.807, 2.05) is 70.2 Å². The predicted octanol–water partition coefficient (Wildman–Crippen LogP) is 6.72. The number of hydrogen-bond acceptors (Lipinski definition) is 5. The van der Waals surface area contributed by atoms with Gasteiger partial charge in [-0.05, 0) is 80.3 Å². The summed E-state index contributed by atoms with van der Waals surface area (Å²) in [7, 11) is -2.68. The summed E-state index contributed by atoms with van der Waals surface area (Å²) in [5.74, 6) is -0.289. The van der Waals surface area contributed by atoms with Crippen molar-refractivity contribution in [3.8, 4) is 5.75 Å². The van der Waals surface area contributed by atoms with Gasteiger partial charge in [0, 0.05) is 24.0 Å². The standard InChI is InChI=1S/C37H42ClN3O5S/c1-6-28(4)39-37(43)35(22-29-11-8-7-9-12-29)40(24-30-13-10-14-32(21-30)46-5)36(42)25-41(31-18-17-27(3)34(38)23-31)47(44,45)33-19-15-26(2)16-20-33/h7-21,23,28,35H,6,22,24-25H2,1-5H3,(H,39,43). The highest BCUT2D eigenvalue weighted by atomic mass is 35.5. The minimum atomic E-state index is -4.23. The third-order valence-corrected chi connectivity index (χ3v) is 10.3. The number of methoxy groups -OCH3 is 1. The molecule has 10 heteroatoms. The van der Waals surface area contributed by atoms with E-state index in [0.29, 0.717) is 17.2 Å². The van der Waals surface area contributed by atoms with Gasteiger partial charge in [-0.15, -0.1) is 0 Å². The first-order chi connectivity index (χ1) is 22.4. The minimum Gasteiger partial charge on any atom is -0.497 e. The third-order valence-electron chi connectivity index (χ3n) is 8.09. The van der Waals surface area contributed by atoms with Crippen molar-refractivity contribution in [2.45, 2.75) is 64.1 Å². The number of hydrogen-bond donors (Lipinski definition) is 1. The van der Waals surface area contributed by atoms with Gasteiger partial charge >= 0.3 is 0 Å². The number of nitrogens with zero attached hydrogens (tertiary/aromatic N) is 2. The van der Waals surface area contributed by atoms with E-state index in [4.69, 9.17) is 16.3 Å². The van der Waals surface area contributed by atoms with Crippen molar-refractivity contribution >= 4 is 39.1 Å². The quantitative estimate of drug-likeness (QED) is 0.160. The zero-order valence-corrected chi connectivity index (χ0v) is 29.0. The zero-order chi connectivity index (χ0) is 34.1. The van der Waals surface area contributed by atoms with Crippen LogP contribution in [0.1, 0.15) is 42.5 Å². The second kappa shape index (κ2) is 16.0. The lowest BCUT2D eigenvalue weighted by Gasteiger charge is -2.34. The number of amides is 2. The fraction of sp³-hybridized carbons (Fsp3) is 0.297. The normalized spacial score (nSPS) is 12.6. The van der Waals surface area contributed by atoms with Gasteiger partial charge in [-0.2, -0.15) is 0 Å². The number of nitrogens with one attached hydrogen (secondary N) is 1. The van der Waals surface area contributed by atoms with Gasteiger partial charge in [-0.3, -0.25) is 13.9 Å². The molecule has 0 bridgehead atoms. The zero-order valence-electron chi connectivity index (χ0n) is 27.4. The first-order valence-corrected chi connectivity index (χ1v) is 17.4. The number of anilines is 1. The van der Waals surface area contributed by atoms with Crippen LogP contribution < -0.4 is 14.4 Å². The number of carbonyl (C=O) groups excluding carboxylic acids is 2. The Balaban J connectivity index is 1.83. The van der Waals surface area contributed by atoms with Crippen molar-refractivity contribution in [2.24, 2.45) is 0 Å². The van der Waals surface area contributed by atoms with Gasteiger partial charge in [-0.25, -0.2) is 8.42 Å². The fourth-order valence-corrected chi connectivity index (χ4v) is 6.65. The molecule has 0 aliphatic rings. The first-order valence-electron chi connectivity index (χ1n) is 15.5. The summed E-state index contributed by atoms with van der Waals surface area (Å²) in [4.78, 5) is 30.1. The summed E-state index contributed by atoms with van der Waals surface area (Å²) >= 11 is 6.47. The molecule has 0 heterocycles. The van der Waals surface area contributed by atoms with Gasteiger partial charge in [0.25, 0.3) is 10.0 Å². The van der Waals surface area contributed by atoms with Crippen molar-refractivity contribution in [3.63, 3.8) is 0 Å². The van der Waals surface area contributed by atoms with E-state index in [9.17, 15) is 18.0 Å². The number of sulfonamides is 1. The average molecular weight is 676 g/mol. The Labute approximate surface area is 283 Å². The lowest BCUT2D eigenvalue weighted by atomic mass is 10.0. The van der Waals surface area contributed by atoms with Gasteiger partial charge in [0.05, 0.1) is 17.7 Å². The summed E-state index contributed by atoms with van der Waals surface area (Å²) in [5.41, 5.74) is 3.47. The number of benzene rings is 4. The SMILES string of the molecule is CCC(C)NC(=O)C(Cc1ccccc1)N(Cc1cccc(OC)c1)C(=O)CN(c1ccc(C)c(Cl)c1)S(=O)(=O)c1ccc(C)cc1. The van der Waals surface area contributed by atoms with Gasteiger partial charge in [0.15, 0.2) is 0 Å². The molecule has 0 saturated carbocycles. The molecule has 4 rings (SSSR count). The summed E-state index contributed by atoms with van der Waals surface area (Å²) in [5, 5.41) is 3.41. The number of rotatable bonds is 14. The van der Waals surface area contributed by atoms with Crippen LogP contribution in [0.5, 0.6) is 5.75 Å². The van der Waals surface area contributed by atoms with E-state index in [1.54, 1.807) is 49.6 Å². The minimum absolute atomic E-state index is 0.0299. The van der Waals surface area contributed by atoms with Crippen LogP contribution >= 0.6 is 11.6 Å². The van der Waals surface area contributed by atoms with Crippen LogP contribution in [0.4, 0.5) is 5.69 Å². The molecule has 2 amide bonds. The highest BCUT2D eigenvalue weighted by Gasteiger charge is 2.35. The van der Waals surface area contributed by atoms with Gasteiger partial charge in [0.1, 0.15) is 18.3 Å². The number of carbonyl (C=O) groups is 2. The molecule has 8 nitrogen and oxygen atoms in total. The molecule has 4 aromatic carbocycles. The molecule has 0 saturated heterocycles. The molecule has 4 aromatic rings. The smallest absolute Gasteiger partial charge is 0.264 e. The first kappa shape index (κ1) is 35.5. The molecule has 2 atom stereocenters. The highest BCUT2D eigenvalue weighted by molar-refractivity contribution is 7.92. The second-order valence-electron chi connectivity index (χ2n) is 11.7. The molecular weight excluding hydrogens is 634 g/mol. The van der Waals surface area contributed by atoms with E-state index in [0.717, 1.165) is 26.6 Å². The number of aryl methyl sites for hydroxylation is 2. The lowest BCUT2D eigenvalue weighted by Crippen LogP contribution is -2.54. The van der Waals surface area contributed by atoms with Gasteiger partial charge < -0.3 is 15.0 Å². The summed E-state index contributed by atoms with van der Waals surface area (Å²) in [6, 6.07) is 26.9. The molecule has 248 valence electrons. The van der Waals surface area contributed by atoms with E-state index >= 15 is 0 Å². The van der Waals surface area contributed by atoms with E-state index < -0.39 is 28.5 Å². The van der Waals surface area contributed by atoms with Crippen LogP contribution in [-0.2, 0) is 32.6 Å². The monoisotopic (exact) mass is 675 g/mol. The van der Waals surface area contributed by atoms with E-state index in [1.165, 1.54) is 17.0 Å². The molecular formula is C37H42ClN3O5S.